The number of alkyl halides is 3. The second-order valence-corrected chi connectivity index (χ2v) is 5.55. The van der Waals surface area contributed by atoms with Gasteiger partial charge in [-0.3, -0.25) is 0 Å². The second-order valence-electron chi connectivity index (χ2n) is 5.17. The van der Waals surface area contributed by atoms with Gasteiger partial charge in [0.15, 0.2) is 0 Å². The lowest BCUT2D eigenvalue weighted by atomic mass is 10.0. The van der Waals surface area contributed by atoms with E-state index >= 15 is 0 Å². The Kier molecular flexibility index (Phi) is 3.95. The summed E-state index contributed by atoms with van der Waals surface area (Å²) in [6, 6.07) is 1.85. The highest BCUT2D eigenvalue weighted by molar-refractivity contribution is 6.29. The fourth-order valence-electron chi connectivity index (χ4n) is 2.25. The van der Waals surface area contributed by atoms with Gasteiger partial charge in [0.05, 0.1) is 5.56 Å². The highest BCUT2D eigenvalue weighted by atomic mass is 35.5. The van der Waals surface area contributed by atoms with E-state index in [0.717, 1.165) is 37.8 Å². The molecule has 1 aliphatic carbocycles. The van der Waals surface area contributed by atoms with Crippen molar-refractivity contribution in [1.82, 2.24) is 4.98 Å². The Labute approximate surface area is 115 Å². The van der Waals surface area contributed by atoms with E-state index in [2.05, 4.69) is 17.2 Å². The molecule has 0 radical (unpaired) electrons. The summed E-state index contributed by atoms with van der Waals surface area (Å²) in [6.07, 6.45) is 0.0237. The molecule has 2 rings (SSSR count). The molecular weight excluding hydrogens is 277 g/mol. The van der Waals surface area contributed by atoms with Crippen molar-refractivity contribution >= 4 is 17.4 Å². The smallest absolute Gasteiger partial charge is 0.369 e. The van der Waals surface area contributed by atoms with Gasteiger partial charge in [-0.2, -0.15) is 13.2 Å². The number of pyridine rings is 1. The van der Waals surface area contributed by atoms with E-state index in [4.69, 9.17) is 11.6 Å². The first-order chi connectivity index (χ1) is 8.85. The van der Waals surface area contributed by atoms with E-state index < -0.39 is 11.7 Å². The summed E-state index contributed by atoms with van der Waals surface area (Å²) in [4.78, 5) is 3.89. The van der Waals surface area contributed by atoms with Gasteiger partial charge >= 0.3 is 6.18 Å². The van der Waals surface area contributed by atoms with E-state index in [0.29, 0.717) is 6.54 Å². The summed E-state index contributed by atoms with van der Waals surface area (Å²) in [5.41, 5.74) is -0.521. The van der Waals surface area contributed by atoms with E-state index in [1.807, 2.05) is 0 Å². The van der Waals surface area contributed by atoms with Gasteiger partial charge in [0.2, 0.25) is 0 Å². The molecule has 1 aliphatic rings. The molecule has 1 fully saturated rings. The number of halogens is 4. The fraction of sp³-hybridized carbons (Fsp3) is 0.615. The average molecular weight is 293 g/mol. The fourth-order valence-corrected chi connectivity index (χ4v) is 2.46. The van der Waals surface area contributed by atoms with Crippen molar-refractivity contribution in [3.8, 4) is 0 Å². The van der Waals surface area contributed by atoms with Crippen molar-refractivity contribution in [3.63, 3.8) is 0 Å². The summed E-state index contributed by atoms with van der Waals surface area (Å²) in [6.45, 7) is 2.77. The number of nitrogens with one attached hydrogen (secondary N) is 1. The van der Waals surface area contributed by atoms with Crippen LogP contribution in [0.25, 0.3) is 0 Å². The molecule has 0 atom stereocenters. The van der Waals surface area contributed by atoms with Crippen LogP contribution in [0.3, 0.4) is 0 Å². The summed E-state index contributed by atoms with van der Waals surface area (Å²) >= 11 is 5.63. The second kappa shape index (κ2) is 5.19. The molecule has 0 unspecified atom stereocenters. The zero-order valence-electron chi connectivity index (χ0n) is 10.6. The lowest BCUT2D eigenvalue weighted by Gasteiger charge is -2.16. The number of hydrogen-bond donors (Lipinski definition) is 1. The molecule has 0 saturated heterocycles. The van der Waals surface area contributed by atoms with E-state index in [9.17, 15) is 13.2 Å². The standard InChI is InChI=1S/C13H16ClF3N2/c1-2-3-12(4-5-12)8-18-11-7-9(13(15,16)17)6-10(14)19-11/h6-7H,2-5,8H2,1H3,(H,18,19). The minimum Gasteiger partial charge on any atom is -0.369 e. The molecule has 1 heterocycles. The van der Waals surface area contributed by atoms with Crippen molar-refractivity contribution in [1.29, 1.82) is 0 Å². The number of hydrogen-bond acceptors (Lipinski definition) is 2. The molecule has 1 aromatic rings. The zero-order chi connectivity index (χ0) is 14.1. The maximum Gasteiger partial charge on any atom is 0.416 e. The Balaban J connectivity index is 2.06. The van der Waals surface area contributed by atoms with Gasteiger partial charge in [-0.05, 0) is 36.8 Å². The molecule has 19 heavy (non-hydrogen) atoms. The SMILES string of the molecule is CCCC1(CNc2cc(C(F)(F)F)cc(Cl)n2)CC1. The zero-order valence-corrected chi connectivity index (χ0v) is 11.4. The predicted molar refractivity (Wildman–Crippen MR) is 69.3 cm³/mol. The van der Waals surface area contributed by atoms with E-state index in [1.54, 1.807) is 0 Å². The van der Waals surface area contributed by atoms with Gasteiger partial charge in [0.25, 0.3) is 0 Å². The third kappa shape index (κ3) is 3.75. The van der Waals surface area contributed by atoms with Crippen LogP contribution in [-0.4, -0.2) is 11.5 Å². The minimum atomic E-state index is -4.40. The van der Waals surface area contributed by atoms with Crippen molar-refractivity contribution in [3.05, 3.63) is 22.8 Å². The first-order valence-corrected chi connectivity index (χ1v) is 6.71. The third-order valence-corrected chi connectivity index (χ3v) is 3.70. The Morgan fingerprint density at radius 3 is 2.58 bits per heavy atom. The van der Waals surface area contributed by atoms with Crippen LogP contribution in [0.2, 0.25) is 5.15 Å². The molecule has 1 saturated carbocycles. The Morgan fingerprint density at radius 1 is 1.37 bits per heavy atom. The highest BCUT2D eigenvalue weighted by Gasteiger charge is 2.41. The van der Waals surface area contributed by atoms with E-state index in [-0.39, 0.29) is 16.4 Å². The summed E-state index contributed by atoms with van der Waals surface area (Å²) in [7, 11) is 0. The van der Waals surface area contributed by atoms with Gasteiger partial charge in [0.1, 0.15) is 11.0 Å². The maximum absolute atomic E-state index is 12.6. The topological polar surface area (TPSA) is 24.9 Å². The van der Waals surface area contributed by atoms with Gasteiger partial charge in [0, 0.05) is 6.54 Å². The lowest BCUT2D eigenvalue weighted by molar-refractivity contribution is -0.137. The van der Waals surface area contributed by atoms with Crippen LogP contribution in [0.5, 0.6) is 0 Å². The highest BCUT2D eigenvalue weighted by Crippen LogP contribution is 2.49. The Hall–Kier alpha value is -0.970. The molecule has 0 bridgehead atoms. The molecule has 0 aromatic carbocycles. The first kappa shape index (κ1) is 14.4. The molecular formula is C13H16ClF3N2. The Bertz CT molecular complexity index is 456. The van der Waals surface area contributed by atoms with Gasteiger partial charge in [-0.15, -0.1) is 0 Å². The van der Waals surface area contributed by atoms with E-state index in [1.165, 1.54) is 0 Å². The summed E-state index contributed by atoms with van der Waals surface area (Å²) in [5.74, 6) is 0.196. The average Bonchev–Trinajstić information content (AvgIpc) is 3.06. The normalized spacial score (nSPS) is 17.3. The molecule has 1 N–H and O–H groups in total. The van der Waals surface area contributed by atoms with Crippen LogP contribution < -0.4 is 5.32 Å². The van der Waals surface area contributed by atoms with Gasteiger partial charge < -0.3 is 5.32 Å². The maximum atomic E-state index is 12.6. The summed E-state index contributed by atoms with van der Waals surface area (Å²) in [5, 5.41) is 2.85. The number of rotatable bonds is 5. The molecule has 0 aliphatic heterocycles. The van der Waals surface area contributed by atoms with Crippen LogP contribution in [0, 0.1) is 5.41 Å². The number of nitrogens with zero attached hydrogens (tertiary/aromatic N) is 1. The largest absolute Gasteiger partial charge is 0.416 e. The van der Waals surface area contributed by atoms with Crippen LogP contribution in [0.4, 0.5) is 19.0 Å². The quantitative estimate of drug-likeness (QED) is 0.793. The molecule has 2 nitrogen and oxygen atoms in total. The Morgan fingerprint density at radius 2 is 2.05 bits per heavy atom. The van der Waals surface area contributed by atoms with Crippen molar-refractivity contribution in [2.45, 2.75) is 38.8 Å². The predicted octanol–water partition coefficient (Wildman–Crippen LogP) is 4.75. The lowest BCUT2D eigenvalue weighted by Crippen LogP contribution is -2.16. The molecule has 106 valence electrons. The third-order valence-electron chi connectivity index (χ3n) is 3.50. The van der Waals surface area contributed by atoms with Gasteiger partial charge in [-0.1, -0.05) is 24.9 Å². The van der Waals surface area contributed by atoms with Gasteiger partial charge in [-0.25, -0.2) is 4.98 Å². The molecule has 6 heteroatoms. The molecule has 0 amide bonds. The van der Waals surface area contributed by atoms with Crippen LogP contribution >= 0.6 is 11.6 Å². The molecule has 0 spiro atoms. The van der Waals surface area contributed by atoms with Crippen LogP contribution in [-0.2, 0) is 6.18 Å². The minimum absolute atomic E-state index is 0.141. The number of aromatic nitrogens is 1. The van der Waals surface area contributed by atoms with Crippen molar-refractivity contribution in [2.24, 2.45) is 5.41 Å². The van der Waals surface area contributed by atoms with Crippen molar-refractivity contribution in [2.75, 3.05) is 11.9 Å². The van der Waals surface area contributed by atoms with Crippen LogP contribution in [0.1, 0.15) is 38.2 Å². The van der Waals surface area contributed by atoms with Crippen LogP contribution in [0.15, 0.2) is 12.1 Å². The number of anilines is 1. The monoisotopic (exact) mass is 292 g/mol. The summed E-state index contributed by atoms with van der Waals surface area (Å²) < 4.78 is 37.9. The molecule has 1 aromatic heterocycles. The first-order valence-electron chi connectivity index (χ1n) is 6.33. The van der Waals surface area contributed by atoms with Crippen molar-refractivity contribution < 1.29 is 13.2 Å².